The summed E-state index contributed by atoms with van der Waals surface area (Å²) in [6, 6.07) is 6.07. The molecule has 3 rings (SSSR count). The second-order valence-electron chi connectivity index (χ2n) is 7.98. The number of carbonyl (C=O) groups is 4. The number of hydrogen-bond acceptors (Lipinski definition) is 7. The minimum absolute atomic E-state index is 0.000404. The summed E-state index contributed by atoms with van der Waals surface area (Å²) in [5, 5.41) is 17.2. The number of likely N-dealkylation sites (tertiary alicyclic amines) is 2. The third-order valence-electron chi connectivity index (χ3n) is 6.04. The number of nitrogens with zero attached hydrogens (tertiary/aromatic N) is 2. The van der Waals surface area contributed by atoms with Crippen LogP contribution >= 0.6 is 0 Å². The third-order valence-corrected chi connectivity index (χ3v) is 6.04. The predicted molar refractivity (Wildman–Crippen MR) is 112 cm³/mol. The molecule has 3 amide bonds. The summed E-state index contributed by atoms with van der Waals surface area (Å²) in [7, 11) is 0. The highest BCUT2D eigenvalue weighted by molar-refractivity contribution is 6.06. The zero-order valence-electron chi connectivity index (χ0n) is 17.7. The molecule has 11 nitrogen and oxygen atoms in total. The second kappa shape index (κ2) is 8.95. The number of unbranched alkanes of at least 4 members (excludes halogenated alkanes) is 1. The Balaban J connectivity index is 2.14. The number of carboxylic acid groups (broad SMARTS) is 1. The minimum atomic E-state index is -1.82. The summed E-state index contributed by atoms with van der Waals surface area (Å²) in [5.74, 6) is -3.61. The summed E-state index contributed by atoms with van der Waals surface area (Å²) in [6.07, 6.45) is -0.335. The van der Waals surface area contributed by atoms with E-state index in [1.807, 2.05) is 6.92 Å². The smallest absolute Gasteiger partial charge is 0.450 e. The fourth-order valence-electron chi connectivity index (χ4n) is 4.59. The molecule has 0 saturated carbocycles. The number of nitrogens with two attached hydrogens (primary N) is 2. The molecule has 3 atom stereocenters. The first-order valence-electron chi connectivity index (χ1n) is 10.4. The van der Waals surface area contributed by atoms with Crippen LogP contribution < -0.4 is 11.5 Å². The van der Waals surface area contributed by atoms with Gasteiger partial charge in [0.25, 0.3) is 0 Å². The van der Waals surface area contributed by atoms with Gasteiger partial charge in [-0.05, 0) is 6.42 Å². The number of imide groups is 1. The molecule has 6 N–H and O–H groups in total. The molecule has 0 bridgehead atoms. The quantitative estimate of drug-likeness (QED) is 0.182. The van der Waals surface area contributed by atoms with Crippen LogP contribution in [-0.4, -0.2) is 64.3 Å². The van der Waals surface area contributed by atoms with E-state index in [9.17, 15) is 24.3 Å². The van der Waals surface area contributed by atoms with Gasteiger partial charge >= 0.3 is 6.16 Å². The summed E-state index contributed by atoms with van der Waals surface area (Å²) >= 11 is 0. The lowest BCUT2D eigenvalue weighted by molar-refractivity contribution is -0.161. The van der Waals surface area contributed by atoms with E-state index in [4.69, 9.17) is 21.6 Å². The molecule has 2 fully saturated rings. The molecular weight excluding hydrogens is 418 g/mol. The van der Waals surface area contributed by atoms with Crippen LogP contribution in [0.1, 0.15) is 37.3 Å². The van der Waals surface area contributed by atoms with Gasteiger partial charge in [0.05, 0.1) is 5.92 Å². The summed E-state index contributed by atoms with van der Waals surface area (Å²) < 4.78 is 5.42. The first kappa shape index (κ1) is 23.2. The van der Waals surface area contributed by atoms with Crippen molar-refractivity contribution in [3.8, 4) is 0 Å². The molecule has 0 aliphatic carbocycles. The van der Waals surface area contributed by atoms with Gasteiger partial charge in [-0.2, -0.15) is 0 Å². The SMILES string of the molecule is CCCCN1C(=O)C2CN(CCC(N)=O)C(OC(=O)O)(c3ccc(C(=N)N)cc3)C2C1=O. The van der Waals surface area contributed by atoms with Crippen LogP contribution in [0.4, 0.5) is 4.79 Å². The molecule has 1 aromatic rings. The average Bonchev–Trinajstić information content (AvgIpc) is 3.17. The van der Waals surface area contributed by atoms with Crippen molar-refractivity contribution in [2.45, 2.75) is 31.9 Å². The van der Waals surface area contributed by atoms with Gasteiger partial charge in [-0.3, -0.25) is 29.6 Å². The molecular formula is C21H27N5O6. The number of fused-ring (bicyclic) bond motifs is 1. The topological polar surface area (TPSA) is 180 Å². The number of nitrogens with one attached hydrogen (secondary N) is 1. The number of nitrogen functional groups attached to an aromatic ring is 1. The van der Waals surface area contributed by atoms with Gasteiger partial charge in [0.2, 0.25) is 23.4 Å². The average molecular weight is 445 g/mol. The molecule has 2 saturated heterocycles. The lowest BCUT2D eigenvalue weighted by Gasteiger charge is -2.40. The largest absolute Gasteiger partial charge is 0.507 e. The van der Waals surface area contributed by atoms with Gasteiger partial charge in [0, 0.05) is 37.2 Å². The third kappa shape index (κ3) is 3.91. The van der Waals surface area contributed by atoms with E-state index in [1.54, 1.807) is 0 Å². The molecule has 172 valence electrons. The van der Waals surface area contributed by atoms with Crippen molar-refractivity contribution in [2.24, 2.45) is 23.3 Å². The maximum Gasteiger partial charge on any atom is 0.507 e. The van der Waals surface area contributed by atoms with Crippen LogP contribution in [-0.2, 0) is 24.8 Å². The van der Waals surface area contributed by atoms with Crippen molar-refractivity contribution in [1.29, 1.82) is 5.41 Å². The monoisotopic (exact) mass is 445 g/mol. The Kier molecular flexibility index (Phi) is 6.49. The Hall–Kier alpha value is -3.47. The van der Waals surface area contributed by atoms with Crippen molar-refractivity contribution in [3.05, 3.63) is 35.4 Å². The Morgan fingerprint density at radius 3 is 2.38 bits per heavy atom. The van der Waals surface area contributed by atoms with Crippen molar-refractivity contribution >= 4 is 29.7 Å². The number of primary amides is 1. The van der Waals surface area contributed by atoms with Crippen molar-refractivity contribution in [2.75, 3.05) is 19.6 Å². The van der Waals surface area contributed by atoms with E-state index < -0.39 is 35.5 Å². The van der Waals surface area contributed by atoms with E-state index in [0.717, 1.165) is 6.42 Å². The summed E-state index contributed by atoms with van der Waals surface area (Å²) in [5.41, 5.74) is 9.70. The number of benzene rings is 1. The summed E-state index contributed by atoms with van der Waals surface area (Å²) in [6.45, 7) is 2.22. The highest BCUT2D eigenvalue weighted by Gasteiger charge is 2.67. The zero-order chi connectivity index (χ0) is 23.6. The molecule has 11 heteroatoms. The van der Waals surface area contributed by atoms with Gasteiger partial charge in [-0.15, -0.1) is 0 Å². The maximum absolute atomic E-state index is 13.4. The van der Waals surface area contributed by atoms with E-state index >= 15 is 0 Å². The van der Waals surface area contributed by atoms with Crippen molar-refractivity contribution < 1.29 is 29.0 Å². The molecule has 0 aromatic heterocycles. The van der Waals surface area contributed by atoms with Gasteiger partial charge in [0.1, 0.15) is 11.8 Å². The van der Waals surface area contributed by atoms with Crippen LogP contribution in [0.15, 0.2) is 24.3 Å². The van der Waals surface area contributed by atoms with Crippen molar-refractivity contribution in [1.82, 2.24) is 9.80 Å². The van der Waals surface area contributed by atoms with Crippen molar-refractivity contribution in [3.63, 3.8) is 0 Å². The fraction of sp³-hybridized carbons (Fsp3) is 0.476. The highest BCUT2D eigenvalue weighted by Crippen LogP contribution is 2.51. The zero-order valence-corrected chi connectivity index (χ0v) is 17.7. The standard InChI is InChI=1S/C21H27N5O6/c1-2-3-9-26-18(28)14-11-25(10-8-15(22)27)21(32-20(30)31,16(14)19(26)29)13-6-4-12(5-7-13)17(23)24/h4-7,14,16H,2-3,8-11H2,1H3,(H2,22,27)(H3,23,24)(H,30,31). The Morgan fingerprint density at radius 2 is 1.84 bits per heavy atom. The number of amidine groups is 1. The first-order valence-corrected chi connectivity index (χ1v) is 10.4. The van der Waals surface area contributed by atoms with Gasteiger partial charge in [-0.1, -0.05) is 37.6 Å². The van der Waals surface area contributed by atoms with E-state index in [1.165, 1.54) is 34.1 Å². The molecule has 2 heterocycles. The number of ether oxygens (including phenoxy) is 1. The van der Waals surface area contributed by atoms with E-state index in [0.29, 0.717) is 17.5 Å². The van der Waals surface area contributed by atoms with Crippen LogP contribution in [0.2, 0.25) is 0 Å². The molecule has 2 aliphatic rings. The Labute approximate surface area is 184 Å². The second-order valence-corrected chi connectivity index (χ2v) is 7.98. The Bertz CT molecular complexity index is 949. The van der Waals surface area contributed by atoms with E-state index in [2.05, 4.69) is 0 Å². The molecule has 32 heavy (non-hydrogen) atoms. The lowest BCUT2D eigenvalue weighted by Crippen LogP contribution is -2.52. The summed E-state index contributed by atoms with van der Waals surface area (Å²) in [4.78, 5) is 52.4. The van der Waals surface area contributed by atoms with E-state index in [-0.39, 0.29) is 37.8 Å². The molecule has 0 radical (unpaired) electrons. The van der Waals surface area contributed by atoms with Gasteiger partial charge in [-0.25, -0.2) is 4.79 Å². The fourth-order valence-corrected chi connectivity index (χ4v) is 4.59. The Morgan fingerprint density at radius 1 is 1.19 bits per heavy atom. The normalized spacial score (nSPS) is 25.1. The lowest BCUT2D eigenvalue weighted by atomic mass is 9.84. The number of carbonyl (C=O) groups excluding carboxylic acids is 3. The maximum atomic E-state index is 13.4. The van der Waals surface area contributed by atoms with Gasteiger partial charge in [0.15, 0.2) is 0 Å². The van der Waals surface area contributed by atoms with Crippen LogP contribution in [0.3, 0.4) is 0 Å². The number of hydrogen-bond donors (Lipinski definition) is 4. The molecule has 0 spiro atoms. The molecule has 3 unspecified atom stereocenters. The highest BCUT2D eigenvalue weighted by atomic mass is 16.7. The van der Waals surface area contributed by atoms with Crippen LogP contribution in [0.25, 0.3) is 0 Å². The number of rotatable bonds is 9. The van der Waals surface area contributed by atoms with Gasteiger partial charge < -0.3 is 21.3 Å². The number of amides is 3. The first-order chi connectivity index (χ1) is 15.1. The molecule has 2 aliphatic heterocycles. The van der Waals surface area contributed by atoms with Crippen LogP contribution in [0, 0.1) is 17.2 Å². The predicted octanol–water partition coefficient (Wildman–Crippen LogP) is 0.410. The molecule has 1 aromatic carbocycles. The van der Waals surface area contributed by atoms with Crippen LogP contribution in [0.5, 0.6) is 0 Å². The minimum Gasteiger partial charge on any atom is -0.450 e.